The van der Waals surface area contributed by atoms with Crippen LogP contribution in [0.4, 0.5) is 18.9 Å². The van der Waals surface area contributed by atoms with E-state index in [1.807, 2.05) is 13.0 Å². The zero-order valence-electron chi connectivity index (χ0n) is 11.3. The number of hydrogen-bond acceptors (Lipinski definition) is 2. The Labute approximate surface area is 125 Å². The Morgan fingerprint density at radius 2 is 2.05 bits per heavy atom. The van der Waals surface area contributed by atoms with Crippen LogP contribution in [-0.2, 0) is 6.42 Å². The molecule has 112 valence electrons. The molecule has 0 spiro atoms. The lowest BCUT2D eigenvalue weighted by Gasteiger charge is -2.28. The molecule has 6 heteroatoms. The smallest absolute Gasteiger partial charge is 0.359 e. The zero-order chi connectivity index (χ0) is 14.9. The number of anilines is 1. The normalized spacial score (nSPS) is 17.1. The van der Waals surface area contributed by atoms with Gasteiger partial charge in [0, 0.05) is 22.2 Å². The van der Waals surface area contributed by atoms with Crippen LogP contribution in [0.15, 0.2) is 22.7 Å². The van der Waals surface area contributed by atoms with E-state index in [-0.39, 0.29) is 12.1 Å². The fraction of sp³-hybridized carbons (Fsp3) is 0.571. The molecular weight excluding hydrogens is 333 g/mol. The number of nitrogens with two attached hydrogens (primary N) is 1. The third-order valence-corrected chi connectivity index (χ3v) is 3.72. The molecule has 2 N–H and O–H groups in total. The quantitative estimate of drug-likeness (QED) is 0.873. The molecule has 2 nitrogen and oxygen atoms in total. The molecule has 1 atom stereocenters. The minimum absolute atomic E-state index is 0.00429. The Morgan fingerprint density at radius 1 is 1.40 bits per heavy atom. The minimum Gasteiger partial charge on any atom is -0.359 e. The number of rotatable bonds is 5. The van der Waals surface area contributed by atoms with Crippen molar-refractivity contribution in [3.8, 4) is 0 Å². The Hall–Kier alpha value is -0.750. The van der Waals surface area contributed by atoms with Crippen molar-refractivity contribution in [1.82, 2.24) is 0 Å². The summed E-state index contributed by atoms with van der Waals surface area (Å²) in [7, 11) is 0. The number of nitrogens with zero attached hydrogens (tertiary/aromatic N) is 1. The average Bonchev–Trinajstić information content (AvgIpc) is 3.08. The Bertz CT molecular complexity index is 470. The van der Waals surface area contributed by atoms with Crippen LogP contribution in [0.25, 0.3) is 0 Å². The molecule has 0 saturated heterocycles. The van der Waals surface area contributed by atoms with Gasteiger partial charge in [-0.05, 0) is 49.9 Å². The van der Waals surface area contributed by atoms with Crippen molar-refractivity contribution in [3.63, 3.8) is 0 Å². The molecule has 0 heterocycles. The first-order valence-corrected chi connectivity index (χ1v) is 7.43. The van der Waals surface area contributed by atoms with E-state index in [9.17, 15) is 13.2 Å². The lowest BCUT2D eigenvalue weighted by molar-refractivity contribution is -0.120. The molecule has 2 rings (SSSR count). The van der Waals surface area contributed by atoms with Crippen LogP contribution in [0, 0.1) is 0 Å². The summed E-state index contributed by atoms with van der Waals surface area (Å²) in [6.45, 7) is 0.959. The first-order chi connectivity index (χ1) is 9.26. The molecule has 0 amide bonds. The largest absolute Gasteiger partial charge is 0.405 e. The van der Waals surface area contributed by atoms with Crippen molar-refractivity contribution >= 4 is 21.6 Å². The van der Waals surface area contributed by atoms with E-state index >= 15 is 0 Å². The third kappa shape index (κ3) is 4.38. The van der Waals surface area contributed by atoms with Gasteiger partial charge in [0.05, 0.1) is 0 Å². The number of benzene rings is 1. The van der Waals surface area contributed by atoms with Gasteiger partial charge in [-0.15, -0.1) is 0 Å². The summed E-state index contributed by atoms with van der Waals surface area (Å²) < 4.78 is 39.2. The number of alkyl halides is 3. The highest BCUT2D eigenvalue weighted by Gasteiger charge is 2.38. The van der Waals surface area contributed by atoms with Crippen LogP contribution in [-0.4, -0.2) is 24.8 Å². The maximum absolute atomic E-state index is 12.8. The van der Waals surface area contributed by atoms with E-state index in [0.29, 0.717) is 12.1 Å². The molecule has 1 saturated carbocycles. The summed E-state index contributed by atoms with van der Waals surface area (Å²) in [6.07, 6.45) is -1.98. The van der Waals surface area contributed by atoms with Crippen molar-refractivity contribution in [2.24, 2.45) is 5.73 Å². The van der Waals surface area contributed by atoms with Crippen LogP contribution in [0.2, 0.25) is 0 Å². The molecule has 1 aromatic rings. The van der Waals surface area contributed by atoms with Gasteiger partial charge in [-0.2, -0.15) is 13.2 Å². The molecule has 1 aromatic carbocycles. The van der Waals surface area contributed by atoms with E-state index in [1.165, 1.54) is 4.90 Å². The highest BCUT2D eigenvalue weighted by molar-refractivity contribution is 9.10. The van der Waals surface area contributed by atoms with Crippen molar-refractivity contribution in [1.29, 1.82) is 0 Å². The van der Waals surface area contributed by atoms with Gasteiger partial charge < -0.3 is 10.6 Å². The second-order valence-corrected chi connectivity index (χ2v) is 6.34. The van der Waals surface area contributed by atoms with E-state index in [0.717, 1.165) is 22.9 Å². The second kappa shape index (κ2) is 5.93. The maximum atomic E-state index is 12.8. The SMILES string of the molecule is CC(N)Cc1cc(Br)ccc1N(CC(F)(F)F)C1CC1. The summed E-state index contributed by atoms with van der Waals surface area (Å²) in [5.74, 6) is 0. The van der Waals surface area contributed by atoms with Gasteiger partial charge in [-0.1, -0.05) is 15.9 Å². The molecule has 20 heavy (non-hydrogen) atoms. The van der Waals surface area contributed by atoms with Gasteiger partial charge in [0.15, 0.2) is 0 Å². The predicted octanol–water partition coefficient (Wildman–Crippen LogP) is 3.87. The number of halogens is 4. The molecule has 1 unspecified atom stereocenters. The van der Waals surface area contributed by atoms with Gasteiger partial charge >= 0.3 is 6.18 Å². The van der Waals surface area contributed by atoms with E-state index in [4.69, 9.17) is 5.73 Å². The molecular formula is C14H18BrF3N2. The first kappa shape index (κ1) is 15.6. The third-order valence-electron chi connectivity index (χ3n) is 3.23. The summed E-state index contributed by atoms with van der Waals surface area (Å²) >= 11 is 3.37. The van der Waals surface area contributed by atoms with Crippen molar-refractivity contribution in [2.75, 3.05) is 11.4 Å². The Kier molecular flexibility index (Phi) is 4.64. The van der Waals surface area contributed by atoms with Gasteiger partial charge in [0.1, 0.15) is 6.54 Å². The second-order valence-electron chi connectivity index (χ2n) is 5.43. The maximum Gasteiger partial charge on any atom is 0.405 e. The summed E-state index contributed by atoms with van der Waals surface area (Å²) in [4.78, 5) is 1.48. The summed E-state index contributed by atoms with van der Waals surface area (Å²) in [5, 5.41) is 0. The van der Waals surface area contributed by atoms with Crippen LogP contribution in [0.3, 0.4) is 0 Å². The van der Waals surface area contributed by atoms with Crippen molar-refractivity contribution in [2.45, 2.75) is 44.4 Å². The topological polar surface area (TPSA) is 29.3 Å². The zero-order valence-corrected chi connectivity index (χ0v) is 12.8. The van der Waals surface area contributed by atoms with Crippen molar-refractivity contribution < 1.29 is 13.2 Å². The lowest BCUT2D eigenvalue weighted by atomic mass is 10.0. The van der Waals surface area contributed by atoms with Gasteiger partial charge in [-0.25, -0.2) is 0 Å². The van der Waals surface area contributed by atoms with Crippen LogP contribution in [0.1, 0.15) is 25.3 Å². The van der Waals surface area contributed by atoms with E-state index in [1.54, 1.807) is 12.1 Å². The first-order valence-electron chi connectivity index (χ1n) is 6.63. The number of hydrogen-bond donors (Lipinski definition) is 1. The Balaban J connectivity index is 2.32. The predicted molar refractivity (Wildman–Crippen MR) is 77.9 cm³/mol. The molecule has 1 aliphatic rings. The fourth-order valence-corrected chi connectivity index (χ4v) is 2.74. The lowest BCUT2D eigenvalue weighted by Crippen LogP contribution is -2.37. The van der Waals surface area contributed by atoms with Crippen LogP contribution in [0.5, 0.6) is 0 Å². The summed E-state index contributed by atoms with van der Waals surface area (Å²) in [5.41, 5.74) is 7.33. The molecule has 1 fully saturated rings. The van der Waals surface area contributed by atoms with Gasteiger partial charge in [0.2, 0.25) is 0 Å². The molecule has 1 aliphatic carbocycles. The molecule has 0 aliphatic heterocycles. The van der Waals surface area contributed by atoms with Gasteiger partial charge in [0.25, 0.3) is 0 Å². The Morgan fingerprint density at radius 3 is 2.55 bits per heavy atom. The molecule has 0 aromatic heterocycles. The average molecular weight is 351 g/mol. The van der Waals surface area contributed by atoms with Gasteiger partial charge in [-0.3, -0.25) is 0 Å². The monoisotopic (exact) mass is 350 g/mol. The standard InChI is InChI=1S/C14H18BrF3N2/c1-9(19)6-10-7-11(15)2-5-13(10)20(12-3-4-12)8-14(16,17)18/h2,5,7,9,12H,3-4,6,8,19H2,1H3. The van der Waals surface area contributed by atoms with Crippen molar-refractivity contribution in [3.05, 3.63) is 28.2 Å². The summed E-state index contributed by atoms with van der Waals surface area (Å²) in [6, 6.07) is 5.32. The molecule has 0 radical (unpaired) electrons. The highest BCUT2D eigenvalue weighted by atomic mass is 79.9. The fourth-order valence-electron chi connectivity index (χ4n) is 2.33. The van der Waals surface area contributed by atoms with E-state index in [2.05, 4.69) is 15.9 Å². The van der Waals surface area contributed by atoms with Crippen LogP contribution < -0.4 is 10.6 Å². The highest BCUT2D eigenvalue weighted by Crippen LogP contribution is 2.37. The molecule has 0 bridgehead atoms. The van der Waals surface area contributed by atoms with E-state index < -0.39 is 12.7 Å². The van der Waals surface area contributed by atoms with Crippen LogP contribution >= 0.6 is 15.9 Å². The minimum atomic E-state index is -4.19.